The molecular weight excluding hydrogens is 361 g/mol. The van der Waals surface area contributed by atoms with Gasteiger partial charge in [-0.15, -0.1) is 5.10 Å². The van der Waals surface area contributed by atoms with Crippen molar-refractivity contribution in [2.75, 3.05) is 0 Å². The molecule has 1 aromatic heterocycles. The van der Waals surface area contributed by atoms with E-state index in [1.807, 2.05) is 0 Å². The predicted molar refractivity (Wildman–Crippen MR) is 86.7 cm³/mol. The fourth-order valence-corrected chi connectivity index (χ4v) is 2.26. The van der Waals surface area contributed by atoms with Crippen LogP contribution in [0.25, 0.3) is 0 Å². The molecule has 0 amide bonds. The Balaban J connectivity index is 1.64. The maximum atomic E-state index is 12.5. The number of nitrogens with zero attached hydrogens (tertiary/aromatic N) is 3. The van der Waals surface area contributed by atoms with Crippen LogP contribution in [0.4, 0.5) is 13.2 Å². The smallest absolute Gasteiger partial charge is 0.416 e. The molecule has 2 aromatic carbocycles. The summed E-state index contributed by atoms with van der Waals surface area (Å²) in [5, 5.41) is 18.3. The fraction of sp³-hybridized carbons (Fsp3) is 0.111. The van der Waals surface area contributed by atoms with Gasteiger partial charge in [-0.05, 0) is 42.0 Å². The lowest BCUT2D eigenvalue weighted by atomic mass is 10.1. The molecule has 0 aliphatic carbocycles. The number of ether oxygens (including phenoxy) is 1. The number of hydrogen-bond acceptors (Lipinski definition) is 5. The van der Waals surface area contributed by atoms with Crippen molar-refractivity contribution in [2.45, 2.75) is 12.8 Å². The maximum Gasteiger partial charge on any atom is 0.416 e. The van der Waals surface area contributed by atoms with Crippen molar-refractivity contribution in [3.63, 3.8) is 0 Å². The highest BCUT2D eigenvalue weighted by molar-refractivity contribution is 6.08. The third-order valence-electron chi connectivity index (χ3n) is 3.67. The summed E-state index contributed by atoms with van der Waals surface area (Å²) >= 11 is 0. The number of aromatic amines is 1. The lowest BCUT2D eigenvalue weighted by Crippen LogP contribution is -2.05. The van der Waals surface area contributed by atoms with E-state index < -0.39 is 17.5 Å². The molecule has 0 aliphatic rings. The number of carbonyl (C=O) groups excluding carboxylic acids is 1. The molecule has 3 aromatic rings. The molecule has 0 fully saturated rings. The topological polar surface area (TPSA) is 91.7 Å². The number of aromatic nitrogens is 3. The van der Waals surface area contributed by atoms with Crippen LogP contribution in [-0.2, 0) is 12.8 Å². The fourth-order valence-electron chi connectivity index (χ4n) is 2.26. The van der Waals surface area contributed by atoms with Gasteiger partial charge in [0, 0.05) is 5.56 Å². The molecule has 1 N–H and O–H groups in total. The number of halogens is 3. The molecule has 0 atom stereocenters. The van der Waals surface area contributed by atoms with Crippen molar-refractivity contribution < 1.29 is 22.7 Å². The van der Waals surface area contributed by atoms with Crippen LogP contribution in [0.1, 0.15) is 32.9 Å². The SMILES string of the molecule is N#Cc1n[nH]nc1C(=O)c1ccc(OCc2ccc(C(F)(F)F)cc2)cc1. The lowest BCUT2D eigenvalue weighted by molar-refractivity contribution is -0.137. The molecule has 27 heavy (non-hydrogen) atoms. The molecule has 0 spiro atoms. The second-order valence-corrected chi connectivity index (χ2v) is 5.47. The number of carbonyl (C=O) groups is 1. The van der Waals surface area contributed by atoms with Gasteiger partial charge in [-0.3, -0.25) is 4.79 Å². The maximum absolute atomic E-state index is 12.5. The zero-order valence-corrected chi connectivity index (χ0v) is 13.6. The highest BCUT2D eigenvalue weighted by Gasteiger charge is 2.29. The summed E-state index contributed by atoms with van der Waals surface area (Å²) in [5.41, 5.74) is -0.0241. The molecule has 3 rings (SSSR count). The zero-order valence-electron chi connectivity index (χ0n) is 13.6. The van der Waals surface area contributed by atoms with Crippen molar-refractivity contribution in [3.8, 4) is 11.8 Å². The third-order valence-corrected chi connectivity index (χ3v) is 3.67. The predicted octanol–water partition coefficient (Wildman–Crippen LogP) is 3.51. The van der Waals surface area contributed by atoms with Gasteiger partial charge in [0.15, 0.2) is 11.4 Å². The molecule has 6 nitrogen and oxygen atoms in total. The van der Waals surface area contributed by atoms with Crippen LogP contribution >= 0.6 is 0 Å². The van der Waals surface area contributed by atoms with Crippen LogP contribution < -0.4 is 4.74 Å². The first-order valence-electron chi connectivity index (χ1n) is 7.63. The Morgan fingerprint density at radius 1 is 1.07 bits per heavy atom. The van der Waals surface area contributed by atoms with Crippen LogP contribution in [0.2, 0.25) is 0 Å². The van der Waals surface area contributed by atoms with E-state index in [1.165, 1.54) is 24.3 Å². The first-order chi connectivity index (χ1) is 12.9. The number of ketones is 1. The number of hydrogen-bond donors (Lipinski definition) is 1. The van der Waals surface area contributed by atoms with Gasteiger partial charge in [-0.1, -0.05) is 12.1 Å². The number of nitriles is 1. The van der Waals surface area contributed by atoms with E-state index in [1.54, 1.807) is 18.2 Å². The van der Waals surface area contributed by atoms with Gasteiger partial charge in [0.1, 0.15) is 18.4 Å². The van der Waals surface area contributed by atoms with Gasteiger partial charge in [0.2, 0.25) is 5.78 Å². The van der Waals surface area contributed by atoms with Crippen LogP contribution in [-0.4, -0.2) is 21.2 Å². The first-order valence-corrected chi connectivity index (χ1v) is 7.63. The second-order valence-electron chi connectivity index (χ2n) is 5.47. The number of H-pyrrole nitrogens is 1. The second kappa shape index (κ2) is 7.29. The standard InChI is InChI=1S/C18H11F3N4O2/c19-18(20,21)13-5-1-11(2-6-13)10-27-14-7-3-12(4-8-14)17(26)16-15(9-22)23-25-24-16/h1-8H,10H2,(H,23,24,25). The Morgan fingerprint density at radius 2 is 1.74 bits per heavy atom. The average Bonchev–Trinajstić information content (AvgIpc) is 3.14. The van der Waals surface area contributed by atoms with E-state index in [4.69, 9.17) is 10.00 Å². The number of nitrogens with one attached hydrogen (secondary N) is 1. The summed E-state index contributed by atoms with van der Waals surface area (Å²) in [6.45, 7) is 0.0767. The van der Waals surface area contributed by atoms with Crippen LogP contribution in [0.15, 0.2) is 48.5 Å². The summed E-state index contributed by atoms with van der Waals surface area (Å²) < 4.78 is 43.1. The normalized spacial score (nSPS) is 11.0. The molecule has 0 aliphatic heterocycles. The van der Waals surface area contributed by atoms with E-state index in [0.29, 0.717) is 16.9 Å². The van der Waals surface area contributed by atoms with Crippen molar-refractivity contribution in [2.24, 2.45) is 0 Å². The van der Waals surface area contributed by atoms with E-state index >= 15 is 0 Å². The van der Waals surface area contributed by atoms with E-state index in [2.05, 4.69) is 15.4 Å². The van der Waals surface area contributed by atoms with Gasteiger partial charge in [-0.2, -0.15) is 28.7 Å². The Morgan fingerprint density at radius 3 is 2.33 bits per heavy atom. The van der Waals surface area contributed by atoms with Crippen molar-refractivity contribution in [1.82, 2.24) is 15.4 Å². The van der Waals surface area contributed by atoms with Gasteiger partial charge >= 0.3 is 6.18 Å². The lowest BCUT2D eigenvalue weighted by Gasteiger charge is -2.09. The highest BCUT2D eigenvalue weighted by atomic mass is 19.4. The summed E-state index contributed by atoms with van der Waals surface area (Å²) in [6.07, 6.45) is -4.38. The molecular formula is C18H11F3N4O2. The van der Waals surface area contributed by atoms with Gasteiger partial charge in [0.05, 0.1) is 5.56 Å². The number of alkyl halides is 3. The highest BCUT2D eigenvalue weighted by Crippen LogP contribution is 2.29. The number of rotatable bonds is 5. The summed E-state index contributed by atoms with van der Waals surface area (Å²) in [7, 11) is 0. The minimum atomic E-state index is -4.38. The van der Waals surface area contributed by atoms with Crippen LogP contribution in [0, 0.1) is 11.3 Å². The van der Waals surface area contributed by atoms with Gasteiger partial charge in [-0.25, -0.2) is 0 Å². The van der Waals surface area contributed by atoms with Crippen LogP contribution in [0.5, 0.6) is 5.75 Å². The van der Waals surface area contributed by atoms with Crippen LogP contribution in [0.3, 0.4) is 0 Å². The van der Waals surface area contributed by atoms with Gasteiger partial charge in [0.25, 0.3) is 0 Å². The molecule has 136 valence electrons. The summed E-state index contributed by atoms with van der Waals surface area (Å²) in [6, 6.07) is 12.5. The van der Waals surface area contributed by atoms with Crippen molar-refractivity contribution in [3.05, 3.63) is 76.6 Å². The minimum absolute atomic E-state index is 0.0732. The first kappa shape index (κ1) is 18.1. The van der Waals surface area contributed by atoms with Gasteiger partial charge < -0.3 is 4.74 Å². The number of benzene rings is 2. The van der Waals surface area contributed by atoms with Crippen molar-refractivity contribution in [1.29, 1.82) is 5.26 Å². The largest absolute Gasteiger partial charge is 0.489 e. The molecule has 0 radical (unpaired) electrons. The molecule has 0 saturated heterocycles. The summed E-state index contributed by atoms with van der Waals surface area (Å²) in [5.74, 6) is -0.0262. The van der Waals surface area contributed by atoms with Crippen molar-refractivity contribution >= 4 is 5.78 Å². The van der Waals surface area contributed by atoms with E-state index in [-0.39, 0.29) is 18.0 Å². The van der Waals surface area contributed by atoms with E-state index in [9.17, 15) is 18.0 Å². The minimum Gasteiger partial charge on any atom is -0.489 e. The van der Waals surface area contributed by atoms with E-state index in [0.717, 1.165) is 12.1 Å². The summed E-state index contributed by atoms with van der Waals surface area (Å²) in [4.78, 5) is 12.3. The molecule has 0 unspecified atom stereocenters. The Labute approximate surface area is 151 Å². The Bertz CT molecular complexity index is 987. The average molecular weight is 372 g/mol. The quantitative estimate of drug-likeness (QED) is 0.692. The Kier molecular flexibility index (Phi) is 4.90. The Hall–Kier alpha value is -3.67. The molecule has 0 bridgehead atoms. The monoisotopic (exact) mass is 372 g/mol. The molecule has 0 saturated carbocycles. The molecule has 9 heteroatoms. The molecule has 1 heterocycles. The third kappa shape index (κ3) is 4.12. The zero-order chi connectivity index (χ0) is 19.4.